The number of unbranched alkanes of at least 4 members (excludes halogenated alkanes) is 6. The summed E-state index contributed by atoms with van der Waals surface area (Å²) in [5, 5.41) is 0. The van der Waals surface area contributed by atoms with Crippen LogP contribution in [0.3, 0.4) is 0 Å². The summed E-state index contributed by atoms with van der Waals surface area (Å²) < 4.78 is 0. The fraction of sp³-hybridized carbons (Fsp3) is 0.857. The Morgan fingerprint density at radius 2 is 1.47 bits per heavy atom. The van der Waals surface area contributed by atoms with Gasteiger partial charge in [0.05, 0.1) is 0 Å². The minimum Gasteiger partial charge on any atom is -0.127 e. The molecule has 0 saturated carbocycles. The smallest absolute Gasteiger partial charge is 0.0223 e. The highest BCUT2D eigenvalue weighted by Crippen LogP contribution is 2.01. The van der Waals surface area contributed by atoms with Gasteiger partial charge in [-0.2, -0.15) is 0 Å². The molecule has 0 aliphatic rings. The van der Waals surface area contributed by atoms with E-state index in [1.807, 2.05) is 6.08 Å². The summed E-state index contributed by atoms with van der Waals surface area (Å²) in [5.74, 6) is 0.827. The molecule has 0 heterocycles. The first-order valence-corrected chi connectivity index (χ1v) is 6.53. The van der Waals surface area contributed by atoms with E-state index in [0.29, 0.717) is 0 Å². The minimum atomic E-state index is 0. The number of alkyl halides is 1. The molecule has 0 radical (unpaired) electrons. The van der Waals surface area contributed by atoms with Crippen molar-refractivity contribution in [3.8, 4) is 0 Å². The van der Waals surface area contributed by atoms with Crippen molar-refractivity contribution in [3.05, 3.63) is 12.7 Å². The van der Waals surface area contributed by atoms with Gasteiger partial charge in [-0.1, -0.05) is 59.5 Å². The van der Waals surface area contributed by atoms with Crippen LogP contribution in [0.2, 0.25) is 0 Å². The zero-order valence-corrected chi connectivity index (χ0v) is 10.8. The second-order valence-corrected chi connectivity index (χ2v) is 3.91. The Kier molecular flexibility index (Phi) is 32.3. The highest BCUT2D eigenvalue weighted by molar-refractivity contribution is 6.17. The first-order chi connectivity index (χ1) is 6.83. The molecule has 0 aromatic carbocycles. The van der Waals surface area contributed by atoms with Gasteiger partial charge in [-0.05, 0) is 19.3 Å². The van der Waals surface area contributed by atoms with Crippen LogP contribution < -0.4 is 0 Å². The molecule has 0 unspecified atom stereocenters. The fourth-order valence-electron chi connectivity index (χ4n) is 1.06. The van der Waals surface area contributed by atoms with Crippen molar-refractivity contribution in [2.45, 2.75) is 72.6 Å². The zero-order chi connectivity index (χ0) is 11.1. The molecule has 0 aromatic heterocycles. The molecule has 15 heavy (non-hydrogen) atoms. The van der Waals surface area contributed by atoms with Crippen LogP contribution in [-0.4, -0.2) is 5.88 Å². The van der Waals surface area contributed by atoms with Crippen LogP contribution in [-0.2, 0) is 0 Å². The number of hydrogen-bond donors (Lipinski definition) is 0. The standard InChI is InChI=1S/C8H16.C5H11Cl.CH4/c1-3-5-7-8-6-4-2;1-2-3-4-5-6;/h3H,1,4-8H2,2H3;2-5H2,1H3;1H4. The SMILES string of the molecule is C.C=CCCCCCC.CCCCCCl. The Bertz CT molecular complexity index is 85.3. The van der Waals surface area contributed by atoms with Crippen LogP contribution in [0.25, 0.3) is 0 Å². The third kappa shape index (κ3) is 31.5. The largest absolute Gasteiger partial charge is 0.127 e. The maximum atomic E-state index is 5.38. The number of hydrogen-bond acceptors (Lipinski definition) is 0. The molecular weight excluding hydrogens is 204 g/mol. The quantitative estimate of drug-likeness (QED) is 0.267. The van der Waals surface area contributed by atoms with Crippen LogP contribution in [0.5, 0.6) is 0 Å². The van der Waals surface area contributed by atoms with Crippen molar-refractivity contribution in [2.24, 2.45) is 0 Å². The highest BCUT2D eigenvalue weighted by atomic mass is 35.5. The van der Waals surface area contributed by atoms with E-state index in [-0.39, 0.29) is 7.43 Å². The molecule has 0 fully saturated rings. The molecule has 0 N–H and O–H groups in total. The lowest BCUT2D eigenvalue weighted by Crippen LogP contribution is -1.71. The Balaban J connectivity index is -0.000000187. The second kappa shape index (κ2) is 23.7. The molecule has 94 valence electrons. The lowest BCUT2D eigenvalue weighted by molar-refractivity contribution is 0.675. The molecule has 0 rings (SSSR count). The summed E-state index contributed by atoms with van der Waals surface area (Å²) in [6.07, 6.45) is 12.3. The molecule has 0 saturated heterocycles. The van der Waals surface area contributed by atoms with Crippen LogP contribution in [0, 0.1) is 0 Å². The summed E-state index contributed by atoms with van der Waals surface area (Å²) in [6.45, 7) is 8.06. The van der Waals surface area contributed by atoms with Gasteiger partial charge in [-0.15, -0.1) is 18.2 Å². The molecule has 1 heteroatoms. The summed E-state index contributed by atoms with van der Waals surface area (Å²) >= 11 is 5.38. The van der Waals surface area contributed by atoms with E-state index < -0.39 is 0 Å². The first-order valence-electron chi connectivity index (χ1n) is 6.00. The number of rotatable bonds is 8. The van der Waals surface area contributed by atoms with Gasteiger partial charge in [0.15, 0.2) is 0 Å². The summed E-state index contributed by atoms with van der Waals surface area (Å²) in [6, 6.07) is 0. The normalized spacial score (nSPS) is 8.47. The average Bonchev–Trinajstić information content (AvgIpc) is 2.22. The predicted molar refractivity (Wildman–Crippen MR) is 75.9 cm³/mol. The molecule has 0 aliphatic carbocycles. The summed E-state index contributed by atoms with van der Waals surface area (Å²) in [5.41, 5.74) is 0. The molecule has 0 aliphatic heterocycles. The lowest BCUT2D eigenvalue weighted by Gasteiger charge is -1.91. The zero-order valence-electron chi connectivity index (χ0n) is 10.0. The number of halogens is 1. The van der Waals surface area contributed by atoms with Crippen molar-refractivity contribution in [1.29, 1.82) is 0 Å². The van der Waals surface area contributed by atoms with Gasteiger partial charge in [0.25, 0.3) is 0 Å². The van der Waals surface area contributed by atoms with E-state index >= 15 is 0 Å². The first kappa shape index (κ1) is 20.4. The fourth-order valence-corrected chi connectivity index (χ4v) is 1.25. The molecular formula is C14H31Cl. The van der Waals surface area contributed by atoms with Crippen molar-refractivity contribution in [3.63, 3.8) is 0 Å². The van der Waals surface area contributed by atoms with Gasteiger partial charge >= 0.3 is 0 Å². The van der Waals surface area contributed by atoms with E-state index in [4.69, 9.17) is 11.6 Å². The van der Waals surface area contributed by atoms with Crippen molar-refractivity contribution >= 4 is 11.6 Å². The van der Waals surface area contributed by atoms with Crippen LogP contribution in [0.15, 0.2) is 12.7 Å². The average molecular weight is 235 g/mol. The molecule has 0 spiro atoms. The van der Waals surface area contributed by atoms with Gasteiger partial charge in [0, 0.05) is 5.88 Å². The summed E-state index contributed by atoms with van der Waals surface area (Å²) in [7, 11) is 0. The maximum absolute atomic E-state index is 5.38. The Morgan fingerprint density at radius 1 is 0.933 bits per heavy atom. The van der Waals surface area contributed by atoms with Gasteiger partial charge < -0.3 is 0 Å². The molecule has 0 bridgehead atoms. The topological polar surface area (TPSA) is 0 Å². The van der Waals surface area contributed by atoms with Crippen molar-refractivity contribution in [2.75, 3.05) is 5.88 Å². The van der Waals surface area contributed by atoms with E-state index in [9.17, 15) is 0 Å². The Hall–Kier alpha value is 0.0300. The van der Waals surface area contributed by atoms with Crippen molar-refractivity contribution in [1.82, 2.24) is 0 Å². The van der Waals surface area contributed by atoms with Crippen LogP contribution in [0.4, 0.5) is 0 Å². The third-order valence-electron chi connectivity index (χ3n) is 2.00. The monoisotopic (exact) mass is 234 g/mol. The van der Waals surface area contributed by atoms with Gasteiger partial charge in [-0.3, -0.25) is 0 Å². The van der Waals surface area contributed by atoms with Crippen molar-refractivity contribution < 1.29 is 0 Å². The maximum Gasteiger partial charge on any atom is 0.0223 e. The Labute approximate surface area is 103 Å². The Morgan fingerprint density at radius 3 is 1.80 bits per heavy atom. The van der Waals surface area contributed by atoms with E-state index in [1.165, 1.54) is 51.4 Å². The van der Waals surface area contributed by atoms with Gasteiger partial charge in [0.2, 0.25) is 0 Å². The highest BCUT2D eigenvalue weighted by Gasteiger charge is 1.81. The summed E-state index contributed by atoms with van der Waals surface area (Å²) in [4.78, 5) is 0. The molecule has 0 aromatic rings. The third-order valence-corrected chi connectivity index (χ3v) is 2.27. The van der Waals surface area contributed by atoms with E-state index in [0.717, 1.165) is 5.88 Å². The lowest BCUT2D eigenvalue weighted by atomic mass is 10.2. The van der Waals surface area contributed by atoms with E-state index in [2.05, 4.69) is 20.4 Å². The van der Waals surface area contributed by atoms with Crippen LogP contribution >= 0.6 is 11.6 Å². The van der Waals surface area contributed by atoms with Gasteiger partial charge in [-0.25, -0.2) is 0 Å². The second-order valence-electron chi connectivity index (χ2n) is 3.53. The minimum absolute atomic E-state index is 0. The van der Waals surface area contributed by atoms with Crippen LogP contribution in [0.1, 0.15) is 72.6 Å². The molecule has 0 nitrogen and oxygen atoms in total. The van der Waals surface area contributed by atoms with Gasteiger partial charge in [0.1, 0.15) is 0 Å². The number of allylic oxidation sites excluding steroid dienone is 1. The molecule has 0 atom stereocenters. The predicted octanol–water partition coefficient (Wildman–Crippen LogP) is 6.19. The molecule has 0 amide bonds. The van der Waals surface area contributed by atoms with E-state index in [1.54, 1.807) is 0 Å².